The molecule has 0 radical (unpaired) electrons. The summed E-state index contributed by atoms with van der Waals surface area (Å²) in [5.41, 5.74) is 0.949. The highest BCUT2D eigenvalue weighted by Crippen LogP contribution is 2.34. The van der Waals surface area contributed by atoms with Gasteiger partial charge in [-0.1, -0.05) is 42.2 Å². The minimum atomic E-state index is -0.944. The number of carboxylic acid groups (broad SMARTS) is 1. The Morgan fingerprint density at radius 2 is 1.79 bits per heavy atom. The topological polar surface area (TPSA) is 98.5 Å². The number of carbonyl (C=O) groups is 2. The lowest BCUT2D eigenvalue weighted by atomic mass is 10.2. The molecule has 2 aliphatic rings. The maximum Gasteiger partial charge on any atom is 0.303 e. The van der Waals surface area contributed by atoms with Crippen molar-refractivity contribution < 1.29 is 19.1 Å². The third-order valence-corrected chi connectivity index (χ3v) is 7.82. The number of carbonyl (C=O) groups excluding carboxylic acids is 1. The number of benzene rings is 1. The van der Waals surface area contributed by atoms with Crippen LogP contribution in [0.25, 0.3) is 11.7 Å². The highest BCUT2D eigenvalue weighted by Gasteiger charge is 2.33. The molecule has 1 amide bonds. The van der Waals surface area contributed by atoms with Gasteiger partial charge in [-0.25, -0.2) is 9.37 Å². The van der Waals surface area contributed by atoms with Crippen molar-refractivity contribution in [2.45, 2.75) is 12.8 Å². The zero-order valence-corrected chi connectivity index (χ0v) is 21.9. The Hall–Kier alpha value is -3.77. The van der Waals surface area contributed by atoms with Crippen molar-refractivity contribution in [2.75, 3.05) is 42.5 Å². The van der Waals surface area contributed by atoms with Crippen LogP contribution in [0.2, 0.25) is 0 Å². The van der Waals surface area contributed by atoms with Crippen LogP contribution >= 0.6 is 24.0 Å². The maximum atomic E-state index is 14.3. The van der Waals surface area contributed by atoms with Gasteiger partial charge < -0.3 is 14.9 Å². The van der Waals surface area contributed by atoms with E-state index in [0.29, 0.717) is 47.7 Å². The van der Waals surface area contributed by atoms with Crippen LogP contribution in [0.4, 0.5) is 15.9 Å². The molecule has 1 N–H and O–H groups in total. The first kappa shape index (κ1) is 25.9. The monoisotopic (exact) mass is 553 g/mol. The van der Waals surface area contributed by atoms with Crippen molar-refractivity contribution in [3.8, 4) is 0 Å². The number of halogens is 1. The van der Waals surface area contributed by atoms with Crippen LogP contribution in [0.1, 0.15) is 18.4 Å². The summed E-state index contributed by atoms with van der Waals surface area (Å²) in [6.45, 7) is 2.25. The molecule has 2 aromatic heterocycles. The van der Waals surface area contributed by atoms with Crippen LogP contribution in [0.3, 0.4) is 0 Å². The van der Waals surface area contributed by atoms with Gasteiger partial charge in [0.2, 0.25) is 0 Å². The van der Waals surface area contributed by atoms with Gasteiger partial charge in [-0.15, -0.1) is 0 Å². The average Bonchev–Trinajstić information content (AvgIpc) is 3.18. The highest BCUT2D eigenvalue weighted by atomic mass is 32.2. The molecular weight excluding hydrogens is 529 g/mol. The van der Waals surface area contributed by atoms with E-state index in [4.69, 9.17) is 22.3 Å². The zero-order valence-electron chi connectivity index (χ0n) is 20.2. The molecule has 9 nitrogen and oxygen atoms in total. The van der Waals surface area contributed by atoms with Crippen LogP contribution in [-0.4, -0.2) is 68.3 Å². The van der Waals surface area contributed by atoms with Gasteiger partial charge in [0.15, 0.2) is 0 Å². The second kappa shape index (κ2) is 10.9. The molecule has 5 rings (SSSR count). The molecule has 0 spiro atoms. The maximum absolute atomic E-state index is 14.3. The SMILES string of the molecule is O=C(O)CCCN1C(=O)/C(=C/c2c(N3CCN(c4ccccc4F)CC3)nc3ccccn3c2=O)SC1=S. The van der Waals surface area contributed by atoms with Gasteiger partial charge in [0.1, 0.15) is 21.6 Å². The van der Waals surface area contributed by atoms with Gasteiger partial charge in [-0.3, -0.25) is 23.7 Å². The molecule has 2 saturated heterocycles. The standard InChI is InChI=1S/C26H24FN5O4S2/c27-18-6-1-2-7-19(18)29-12-14-30(15-13-29)23-17(24(35)31-10-4-3-8-21(31)28-23)16-20-25(36)32(26(37)38-20)11-5-9-22(33)34/h1-4,6-8,10,16H,5,9,11-15H2,(H,33,34)/b20-16-. The van der Waals surface area contributed by atoms with Gasteiger partial charge in [-0.05, 0) is 36.8 Å². The molecule has 196 valence electrons. The molecule has 0 bridgehead atoms. The first-order valence-electron chi connectivity index (χ1n) is 12.1. The van der Waals surface area contributed by atoms with E-state index >= 15 is 0 Å². The number of aliphatic carboxylic acids is 1. The van der Waals surface area contributed by atoms with Crippen molar-refractivity contribution >= 4 is 63.4 Å². The minimum Gasteiger partial charge on any atom is -0.481 e. The third kappa shape index (κ3) is 5.14. The summed E-state index contributed by atoms with van der Waals surface area (Å²) in [6.07, 6.45) is 3.35. The van der Waals surface area contributed by atoms with E-state index in [1.807, 2.05) is 9.80 Å². The first-order valence-corrected chi connectivity index (χ1v) is 13.3. The number of nitrogens with zero attached hydrogens (tertiary/aromatic N) is 5. The lowest BCUT2D eigenvalue weighted by molar-refractivity contribution is -0.137. The Morgan fingerprint density at radius 1 is 1.08 bits per heavy atom. The van der Waals surface area contributed by atoms with Crippen molar-refractivity contribution in [1.82, 2.24) is 14.3 Å². The van der Waals surface area contributed by atoms with E-state index in [0.717, 1.165) is 11.8 Å². The van der Waals surface area contributed by atoms with Gasteiger partial charge >= 0.3 is 5.97 Å². The molecule has 0 saturated carbocycles. The van der Waals surface area contributed by atoms with Crippen LogP contribution < -0.4 is 15.4 Å². The van der Waals surface area contributed by atoms with Crippen molar-refractivity contribution in [3.05, 3.63) is 75.3 Å². The van der Waals surface area contributed by atoms with Gasteiger partial charge in [0.25, 0.3) is 11.5 Å². The Balaban J connectivity index is 1.46. The van der Waals surface area contributed by atoms with Crippen LogP contribution in [0.15, 0.2) is 58.4 Å². The Kier molecular flexibility index (Phi) is 7.43. The lowest BCUT2D eigenvalue weighted by Gasteiger charge is -2.37. The number of fused-ring (bicyclic) bond motifs is 1. The molecule has 3 aromatic rings. The number of aromatic nitrogens is 2. The molecule has 12 heteroatoms. The second-order valence-electron chi connectivity index (χ2n) is 8.84. The quantitative estimate of drug-likeness (QED) is 0.349. The fourth-order valence-corrected chi connectivity index (χ4v) is 5.83. The van der Waals surface area contributed by atoms with Crippen molar-refractivity contribution in [1.29, 1.82) is 0 Å². The Bertz CT molecular complexity index is 1520. The summed E-state index contributed by atoms with van der Waals surface area (Å²) >= 11 is 6.44. The molecule has 0 aliphatic carbocycles. The number of carboxylic acids is 1. The molecular formula is C26H24FN5O4S2. The van der Waals surface area contributed by atoms with Crippen LogP contribution in [0.5, 0.6) is 0 Å². The number of pyridine rings is 1. The largest absolute Gasteiger partial charge is 0.481 e. The molecule has 0 atom stereocenters. The third-order valence-electron chi connectivity index (χ3n) is 6.44. The molecule has 38 heavy (non-hydrogen) atoms. The number of rotatable bonds is 7. The van der Waals surface area contributed by atoms with E-state index in [9.17, 15) is 18.8 Å². The fourth-order valence-electron chi connectivity index (χ4n) is 4.54. The number of hydrogen-bond donors (Lipinski definition) is 1. The van der Waals surface area contributed by atoms with Crippen LogP contribution in [-0.2, 0) is 9.59 Å². The van der Waals surface area contributed by atoms with Gasteiger partial charge in [0, 0.05) is 45.3 Å². The number of anilines is 2. The van der Waals surface area contributed by atoms with E-state index < -0.39 is 5.97 Å². The van der Waals surface area contributed by atoms with Gasteiger partial charge in [0.05, 0.1) is 16.2 Å². The molecule has 0 unspecified atom stereocenters. The number of para-hydroxylation sites is 1. The Labute approximate surface area is 227 Å². The summed E-state index contributed by atoms with van der Waals surface area (Å²) in [4.78, 5) is 47.9. The van der Waals surface area contributed by atoms with Gasteiger partial charge in [-0.2, -0.15) is 0 Å². The zero-order chi connectivity index (χ0) is 26.8. The van der Waals surface area contributed by atoms with Crippen LogP contribution in [0, 0.1) is 5.82 Å². The van der Waals surface area contributed by atoms with Crippen molar-refractivity contribution in [2.24, 2.45) is 0 Å². The number of piperazine rings is 1. The summed E-state index contributed by atoms with van der Waals surface area (Å²) in [6, 6.07) is 11.9. The molecule has 2 fully saturated rings. The average molecular weight is 554 g/mol. The number of thiocarbonyl (C=S) groups is 1. The molecule has 2 aliphatic heterocycles. The van der Waals surface area contributed by atoms with E-state index in [1.54, 1.807) is 42.6 Å². The smallest absolute Gasteiger partial charge is 0.303 e. The predicted octanol–water partition coefficient (Wildman–Crippen LogP) is 3.23. The summed E-state index contributed by atoms with van der Waals surface area (Å²) in [5.74, 6) is -1.14. The van der Waals surface area contributed by atoms with E-state index in [1.165, 1.54) is 21.4 Å². The molecule has 4 heterocycles. The summed E-state index contributed by atoms with van der Waals surface area (Å²) in [7, 11) is 0. The highest BCUT2D eigenvalue weighted by molar-refractivity contribution is 8.26. The Morgan fingerprint density at radius 3 is 2.53 bits per heavy atom. The number of amides is 1. The van der Waals surface area contributed by atoms with E-state index in [2.05, 4.69) is 0 Å². The van der Waals surface area contributed by atoms with Crippen molar-refractivity contribution in [3.63, 3.8) is 0 Å². The first-order chi connectivity index (χ1) is 18.3. The predicted molar refractivity (Wildman–Crippen MR) is 149 cm³/mol. The molecule has 1 aromatic carbocycles. The summed E-state index contributed by atoms with van der Waals surface area (Å²) in [5, 5.41) is 8.91. The normalized spacial score (nSPS) is 17.2. The minimum absolute atomic E-state index is 0.0743. The fraction of sp³-hybridized carbons (Fsp3) is 0.269. The lowest BCUT2D eigenvalue weighted by Crippen LogP contribution is -2.47. The number of hydrogen-bond acceptors (Lipinski definition) is 8. The number of thioether (sulfide) groups is 1. The summed E-state index contributed by atoms with van der Waals surface area (Å²) < 4.78 is 16.1. The van der Waals surface area contributed by atoms with E-state index in [-0.39, 0.29) is 47.1 Å². The second-order valence-corrected chi connectivity index (χ2v) is 10.5.